The molecule has 2 aromatic heterocycles. The van der Waals surface area contributed by atoms with Crippen molar-refractivity contribution in [2.24, 2.45) is 0 Å². The summed E-state index contributed by atoms with van der Waals surface area (Å²) in [4.78, 5) is 20.4. The van der Waals surface area contributed by atoms with Gasteiger partial charge < -0.3 is 5.32 Å². The SMILES string of the molecule is O=C(/C=C/c1nc2ccccc2s1)NCc1ccc(-n2cncn2)cc1. The van der Waals surface area contributed by atoms with Gasteiger partial charge in [-0.1, -0.05) is 24.3 Å². The summed E-state index contributed by atoms with van der Waals surface area (Å²) < 4.78 is 2.79. The highest BCUT2D eigenvalue weighted by Crippen LogP contribution is 2.22. The van der Waals surface area contributed by atoms with Gasteiger partial charge in [0.25, 0.3) is 0 Å². The number of benzene rings is 2. The zero-order valence-electron chi connectivity index (χ0n) is 13.7. The van der Waals surface area contributed by atoms with Crippen molar-refractivity contribution in [3.05, 3.63) is 77.8 Å². The minimum atomic E-state index is -0.149. The van der Waals surface area contributed by atoms with Crippen molar-refractivity contribution >= 4 is 33.5 Å². The highest BCUT2D eigenvalue weighted by Gasteiger charge is 2.02. The van der Waals surface area contributed by atoms with Crippen LogP contribution in [0.15, 0.2) is 67.3 Å². The smallest absolute Gasteiger partial charge is 0.244 e. The lowest BCUT2D eigenvalue weighted by atomic mass is 10.2. The summed E-state index contributed by atoms with van der Waals surface area (Å²) in [7, 11) is 0. The number of aromatic nitrogens is 4. The number of nitrogens with zero attached hydrogens (tertiary/aromatic N) is 4. The first-order valence-corrected chi connectivity index (χ1v) is 8.85. The monoisotopic (exact) mass is 361 g/mol. The highest BCUT2D eigenvalue weighted by atomic mass is 32.1. The van der Waals surface area contributed by atoms with Gasteiger partial charge in [0.05, 0.1) is 15.9 Å². The lowest BCUT2D eigenvalue weighted by Crippen LogP contribution is -2.20. The van der Waals surface area contributed by atoms with Gasteiger partial charge in [0.2, 0.25) is 5.91 Å². The molecule has 2 aromatic carbocycles. The molecular weight excluding hydrogens is 346 g/mol. The molecule has 0 spiro atoms. The van der Waals surface area contributed by atoms with Crippen molar-refractivity contribution in [2.75, 3.05) is 0 Å². The Morgan fingerprint density at radius 3 is 2.77 bits per heavy atom. The van der Waals surface area contributed by atoms with Crippen LogP contribution in [-0.4, -0.2) is 25.7 Å². The molecule has 26 heavy (non-hydrogen) atoms. The van der Waals surface area contributed by atoms with Gasteiger partial charge in [-0.25, -0.2) is 14.6 Å². The molecule has 0 atom stereocenters. The van der Waals surface area contributed by atoms with E-state index in [-0.39, 0.29) is 5.91 Å². The van der Waals surface area contributed by atoms with Crippen molar-refractivity contribution < 1.29 is 4.79 Å². The minimum absolute atomic E-state index is 0.149. The summed E-state index contributed by atoms with van der Waals surface area (Å²) >= 11 is 1.56. The van der Waals surface area contributed by atoms with E-state index in [2.05, 4.69) is 20.4 Å². The largest absolute Gasteiger partial charge is 0.348 e. The molecule has 7 heteroatoms. The van der Waals surface area contributed by atoms with Gasteiger partial charge in [-0.05, 0) is 35.9 Å². The third-order valence-electron chi connectivity index (χ3n) is 3.77. The van der Waals surface area contributed by atoms with Crippen molar-refractivity contribution in [3.63, 3.8) is 0 Å². The van der Waals surface area contributed by atoms with Gasteiger partial charge in [0.15, 0.2) is 0 Å². The average molecular weight is 361 g/mol. The van der Waals surface area contributed by atoms with E-state index in [4.69, 9.17) is 0 Å². The zero-order chi connectivity index (χ0) is 17.8. The maximum absolute atomic E-state index is 12.0. The van der Waals surface area contributed by atoms with Gasteiger partial charge in [-0.3, -0.25) is 4.79 Å². The van der Waals surface area contributed by atoms with Crippen LogP contribution in [0.1, 0.15) is 10.6 Å². The van der Waals surface area contributed by atoms with Crippen LogP contribution in [0.25, 0.3) is 22.0 Å². The number of hydrogen-bond donors (Lipinski definition) is 1. The summed E-state index contributed by atoms with van der Waals surface area (Å²) in [6.07, 6.45) is 6.39. The maximum Gasteiger partial charge on any atom is 0.244 e. The molecule has 0 radical (unpaired) electrons. The standard InChI is InChI=1S/C19H15N5OS/c25-18(9-10-19-23-16-3-1-2-4-17(16)26-19)21-11-14-5-7-15(8-6-14)24-13-20-12-22-24/h1-10,12-13H,11H2,(H,21,25)/b10-9+. The predicted molar refractivity (Wildman–Crippen MR) is 102 cm³/mol. The second kappa shape index (κ2) is 7.28. The molecule has 0 saturated heterocycles. The number of fused-ring (bicyclic) bond motifs is 1. The fraction of sp³-hybridized carbons (Fsp3) is 0.0526. The summed E-state index contributed by atoms with van der Waals surface area (Å²) in [6, 6.07) is 15.7. The van der Waals surface area contributed by atoms with Crippen LogP contribution < -0.4 is 5.32 Å². The first-order valence-electron chi connectivity index (χ1n) is 8.03. The molecule has 4 rings (SSSR count). The molecule has 6 nitrogen and oxygen atoms in total. The van der Waals surface area contributed by atoms with Crippen LogP contribution in [0.2, 0.25) is 0 Å². The maximum atomic E-state index is 12.0. The third-order valence-corrected chi connectivity index (χ3v) is 4.78. The number of amides is 1. The molecule has 0 aliphatic carbocycles. The van der Waals surface area contributed by atoms with E-state index in [1.807, 2.05) is 48.5 Å². The number of carbonyl (C=O) groups is 1. The second-order valence-corrected chi connectivity index (χ2v) is 6.64. The molecule has 1 amide bonds. The topological polar surface area (TPSA) is 72.7 Å². The van der Waals surface area contributed by atoms with Crippen LogP contribution in [0.3, 0.4) is 0 Å². The fourth-order valence-corrected chi connectivity index (χ4v) is 3.33. The molecule has 4 aromatic rings. The van der Waals surface area contributed by atoms with E-state index in [1.165, 1.54) is 12.4 Å². The van der Waals surface area contributed by atoms with E-state index in [0.29, 0.717) is 6.54 Å². The molecule has 1 N–H and O–H groups in total. The van der Waals surface area contributed by atoms with Crippen LogP contribution in [-0.2, 0) is 11.3 Å². The predicted octanol–water partition coefficient (Wildman–Crippen LogP) is 3.21. The van der Waals surface area contributed by atoms with Gasteiger partial charge >= 0.3 is 0 Å². The van der Waals surface area contributed by atoms with Gasteiger partial charge in [0, 0.05) is 12.6 Å². The molecule has 0 fully saturated rings. The summed E-state index contributed by atoms with van der Waals surface area (Å²) in [5, 5.41) is 7.77. The van der Waals surface area contributed by atoms with Crippen molar-refractivity contribution in [1.29, 1.82) is 0 Å². The first kappa shape index (κ1) is 16.2. The number of para-hydroxylation sites is 1. The Balaban J connectivity index is 1.34. The average Bonchev–Trinajstić information content (AvgIpc) is 3.34. The Morgan fingerprint density at radius 2 is 2.00 bits per heavy atom. The number of thiazole rings is 1. The highest BCUT2D eigenvalue weighted by molar-refractivity contribution is 7.19. The quantitative estimate of drug-likeness (QED) is 0.554. The molecule has 128 valence electrons. The van der Waals surface area contributed by atoms with Crippen LogP contribution in [0, 0.1) is 0 Å². The van der Waals surface area contributed by atoms with E-state index < -0.39 is 0 Å². The first-order chi connectivity index (χ1) is 12.8. The zero-order valence-corrected chi connectivity index (χ0v) is 14.6. The summed E-state index contributed by atoms with van der Waals surface area (Å²) in [5.41, 5.74) is 2.88. The summed E-state index contributed by atoms with van der Waals surface area (Å²) in [6.45, 7) is 0.459. The van der Waals surface area contributed by atoms with E-state index >= 15 is 0 Å². The van der Waals surface area contributed by atoms with Gasteiger partial charge in [0.1, 0.15) is 17.7 Å². The van der Waals surface area contributed by atoms with Gasteiger partial charge in [-0.2, -0.15) is 5.10 Å². The van der Waals surface area contributed by atoms with Gasteiger partial charge in [-0.15, -0.1) is 11.3 Å². The number of hydrogen-bond acceptors (Lipinski definition) is 5. The second-order valence-electron chi connectivity index (χ2n) is 5.58. The molecular formula is C19H15N5OS. The lowest BCUT2D eigenvalue weighted by Gasteiger charge is -2.04. The molecule has 0 aliphatic heterocycles. The Kier molecular flexibility index (Phi) is 4.53. The Hall–Kier alpha value is -3.32. The molecule has 0 saturated carbocycles. The Bertz CT molecular complexity index is 1020. The normalized spacial score (nSPS) is 11.2. The molecule has 2 heterocycles. The van der Waals surface area contributed by atoms with E-state index in [9.17, 15) is 4.79 Å². The van der Waals surface area contributed by atoms with E-state index in [0.717, 1.165) is 26.5 Å². The summed E-state index contributed by atoms with van der Waals surface area (Å²) in [5.74, 6) is -0.149. The minimum Gasteiger partial charge on any atom is -0.348 e. The number of nitrogens with one attached hydrogen (secondary N) is 1. The van der Waals surface area contributed by atoms with Crippen molar-refractivity contribution in [2.45, 2.75) is 6.54 Å². The van der Waals surface area contributed by atoms with E-state index in [1.54, 1.807) is 28.4 Å². The van der Waals surface area contributed by atoms with Crippen molar-refractivity contribution in [1.82, 2.24) is 25.1 Å². The Labute approximate surface area is 153 Å². The molecule has 0 bridgehead atoms. The van der Waals surface area contributed by atoms with Crippen LogP contribution in [0.5, 0.6) is 0 Å². The van der Waals surface area contributed by atoms with Crippen LogP contribution in [0.4, 0.5) is 0 Å². The fourth-order valence-electron chi connectivity index (χ4n) is 2.46. The molecule has 0 unspecified atom stereocenters. The number of rotatable bonds is 5. The lowest BCUT2D eigenvalue weighted by molar-refractivity contribution is -0.116. The molecule has 0 aliphatic rings. The van der Waals surface area contributed by atoms with Crippen LogP contribution >= 0.6 is 11.3 Å². The Morgan fingerprint density at radius 1 is 1.15 bits per heavy atom. The number of carbonyl (C=O) groups excluding carboxylic acids is 1. The van der Waals surface area contributed by atoms with Crippen molar-refractivity contribution in [3.8, 4) is 5.69 Å². The third kappa shape index (κ3) is 3.68.